The van der Waals surface area contributed by atoms with Crippen LogP contribution in [0.5, 0.6) is 11.5 Å². The predicted octanol–water partition coefficient (Wildman–Crippen LogP) is 1.45. The van der Waals surface area contributed by atoms with Crippen LogP contribution in [0.4, 0.5) is 0 Å². The zero-order valence-electron chi connectivity index (χ0n) is 12.6. The van der Waals surface area contributed by atoms with Crippen LogP contribution in [-0.2, 0) is 12.8 Å². The first-order valence-electron chi connectivity index (χ1n) is 6.84. The van der Waals surface area contributed by atoms with Gasteiger partial charge in [0.05, 0.1) is 19.8 Å². The van der Waals surface area contributed by atoms with Gasteiger partial charge in [0.25, 0.3) is 0 Å². The first-order chi connectivity index (χ1) is 10.7. The number of hydrogen-bond donors (Lipinski definition) is 1. The van der Waals surface area contributed by atoms with Crippen molar-refractivity contribution in [3.63, 3.8) is 0 Å². The summed E-state index contributed by atoms with van der Waals surface area (Å²) in [5.74, 6) is 1.73. The average Bonchev–Trinajstić information content (AvgIpc) is 2.59. The highest BCUT2D eigenvalue weighted by Gasteiger charge is 2.11. The van der Waals surface area contributed by atoms with E-state index in [0.717, 1.165) is 17.1 Å². The van der Waals surface area contributed by atoms with Gasteiger partial charge in [0.2, 0.25) is 0 Å². The molecule has 0 fully saturated rings. The van der Waals surface area contributed by atoms with E-state index in [0.29, 0.717) is 24.2 Å². The molecule has 0 atom stereocenters. The van der Waals surface area contributed by atoms with Gasteiger partial charge in [0, 0.05) is 24.4 Å². The molecule has 0 saturated heterocycles. The molecule has 1 aromatic carbocycles. The monoisotopic (exact) mass is 302 g/mol. The van der Waals surface area contributed by atoms with Crippen LogP contribution in [-0.4, -0.2) is 41.7 Å². The van der Waals surface area contributed by atoms with Crippen molar-refractivity contribution in [1.29, 1.82) is 0 Å². The van der Waals surface area contributed by atoms with Gasteiger partial charge in [-0.15, -0.1) is 0 Å². The fraction of sp³-hybridized carbons (Fsp3) is 0.312. The maximum absolute atomic E-state index is 11.3. The Kier molecular flexibility index (Phi) is 5.43. The Morgan fingerprint density at radius 2 is 1.68 bits per heavy atom. The number of rotatable bonds is 7. The number of nitrogens with zero attached hydrogens (tertiary/aromatic N) is 2. The molecule has 0 amide bonds. The van der Waals surface area contributed by atoms with E-state index in [-0.39, 0.29) is 0 Å². The summed E-state index contributed by atoms with van der Waals surface area (Å²) in [4.78, 5) is 19.6. The SMILES string of the molecule is COc1cccc(OC)c1CCc1ncc(C(=O)CO)cn1. The Labute approximate surface area is 128 Å². The first kappa shape index (κ1) is 15.9. The maximum atomic E-state index is 11.3. The summed E-state index contributed by atoms with van der Waals surface area (Å²) in [6.45, 7) is -0.541. The minimum absolute atomic E-state index is 0.307. The summed E-state index contributed by atoms with van der Waals surface area (Å²) in [6, 6.07) is 5.62. The molecular weight excluding hydrogens is 284 g/mol. The number of hydrogen-bond acceptors (Lipinski definition) is 6. The number of aromatic nitrogens is 2. The second-order valence-electron chi connectivity index (χ2n) is 4.61. The molecule has 2 aromatic rings. The summed E-state index contributed by atoms with van der Waals surface area (Å²) in [6.07, 6.45) is 4.10. The molecule has 1 aromatic heterocycles. The van der Waals surface area contributed by atoms with Crippen molar-refractivity contribution in [3.05, 3.63) is 47.5 Å². The molecule has 6 heteroatoms. The molecule has 0 bridgehead atoms. The highest BCUT2D eigenvalue weighted by molar-refractivity contribution is 5.96. The highest BCUT2D eigenvalue weighted by atomic mass is 16.5. The fourth-order valence-corrected chi connectivity index (χ4v) is 2.13. The van der Waals surface area contributed by atoms with Crippen molar-refractivity contribution >= 4 is 5.78 Å². The lowest BCUT2D eigenvalue weighted by Gasteiger charge is -2.12. The van der Waals surface area contributed by atoms with Crippen LogP contribution in [0, 0.1) is 0 Å². The van der Waals surface area contributed by atoms with E-state index >= 15 is 0 Å². The molecule has 116 valence electrons. The molecular formula is C16H18N2O4. The minimum atomic E-state index is -0.541. The molecule has 0 spiro atoms. The molecule has 0 aliphatic heterocycles. The van der Waals surface area contributed by atoms with Crippen LogP contribution in [0.1, 0.15) is 21.7 Å². The zero-order chi connectivity index (χ0) is 15.9. The maximum Gasteiger partial charge on any atom is 0.191 e. The van der Waals surface area contributed by atoms with Crippen LogP contribution < -0.4 is 9.47 Å². The number of benzene rings is 1. The molecule has 1 N–H and O–H groups in total. The number of aliphatic hydroxyl groups excluding tert-OH is 1. The number of methoxy groups -OCH3 is 2. The van der Waals surface area contributed by atoms with Gasteiger partial charge in [-0.3, -0.25) is 4.79 Å². The third kappa shape index (κ3) is 3.59. The van der Waals surface area contributed by atoms with Crippen molar-refractivity contribution in [2.75, 3.05) is 20.8 Å². The van der Waals surface area contributed by atoms with Crippen molar-refractivity contribution in [2.24, 2.45) is 0 Å². The number of Topliss-reactive ketones (excluding diaryl/α,β-unsaturated/α-hetero) is 1. The number of aliphatic hydroxyl groups is 1. The lowest BCUT2D eigenvalue weighted by atomic mass is 10.1. The van der Waals surface area contributed by atoms with Gasteiger partial charge in [0.1, 0.15) is 23.9 Å². The fourth-order valence-electron chi connectivity index (χ4n) is 2.13. The van der Waals surface area contributed by atoms with Crippen LogP contribution in [0.25, 0.3) is 0 Å². The molecule has 6 nitrogen and oxygen atoms in total. The van der Waals surface area contributed by atoms with Gasteiger partial charge < -0.3 is 14.6 Å². The van der Waals surface area contributed by atoms with E-state index in [2.05, 4.69) is 9.97 Å². The summed E-state index contributed by atoms with van der Waals surface area (Å²) < 4.78 is 10.7. The molecule has 0 saturated carbocycles. The largest absolute Gasteiger partial charge is 0.496 e. The summed E-state index contributed by atoms with van der Waals surface area (Å²) in [5.41, 5.74) is 1.26. The van der Waals surface area contributed by atoms with Gasteiger partial charge in [-0.2, -0.15) is 0 Å². The van der Waals surface area contributed by atoms with Crippen LogP contribution in [0.15, 0.2) is 30.6 Å². The van der Waals surface area contributed by atoms with Gasteiger partial charge in [0.15, 0.2) is 5.78 Å². The van der Waals surface area contributed by atoms with Crippen molar-refractivity contribution in [3.8, 4) is 11.5 Å². The van der Waals surface area contributed by atoms with Crippen LogP contribution in [0.2, 0.25) is 0 Å². The Morgan fingerprint density at radius 1 is 1.09 bits per heavy atom. The Bertz CT molecular complexity index is 619. The summed E-state index contributed by atoms with van der Waals surface area (Å²) in [7, 11) is 3.23. The predicted molar refractivity (Wildman–Crippen MR) is 80.4 cm³/mol. The lowest BCUT2D eigenvalue weighted by molar-refractivity contribution is 0.0903. The van der Waals surface area contributed by atoms with Gasteiger partial charge >= 0.3 is 0 Å². The van der Waals surface area contributed by atoms with Crippen molar-refractivity contribution in [1.82, 2.24) is 9.97 Å². The van der Waals surface area contributed by atoms with Crippen LogP contribution >= 0.6 is 0 Å². The number of ketones is 1. The molecule has 0 aliphatic carbocycles. The lowest BCUT2D eigenvalue weighted by Crippen LogP contribution is -2.07. The topological polar surface area (TPSA) is 81.5 Å². The second kappa shape index (κ2) is 7.51. The third-order valence-corrected chi connectivity index (χ3v) is 3.30. The van der Waals surface area contributed by atoms with Gasteiger partial charge in [-0.25, -0.2) is 9.97 Å². The quantitative estimate of drug-likeness (QED) is 0.780. The molecule has 0 unspecified atom stereocenters. The van der Waals surface area contributed by atoms with Crippen molar-refractivity contribution < 1.29 is 19.4 Å². The number of ether oxygens (including phenoxy) is 2. The van der Waals surface area contributed by atoms with Crippen molar-refractivity contribution in [2.45, 2.75) is 12.8 Å². The summed E-state index contributed by atoms with van der Waals surface area (Å²) >= 11 is 0. The van der Waals surface area contributed by atoms with Crippen LogP contribution in [0.3, 0.4) is 0 Å². The Balaban J connectivity index is 2.11. The number of carbonyl (C=O) groups excluding carboxylic acids is 1. The number of aryl methyl sites for hydroxylation is 1. The molecule has 1 heterocycles. The Morgan fingerprint density at radius 3 is 2.18 bits per heavy atom. The normalized spacial score (nSPS) is 10.3. The van der Waals surface area contributed by atoms with E-state index in [1.54, 1.807) is 14.2 Å². The Hall–Kier alpha value is -2.47. The molecule has 0 aliphatic rings. The summed E-state index contributed by atoms with van der Waals surface area (Å²) in [5, 5.41) is 8.79. The second-order valence-corrected chi connectivity index (χ2v) is 4.61. The zero-order valence-corrected chi connectivity index (χ0v) is 12.6. The molecule has 0 radical (unpaired) electrons. The minimum Gasteiger partial charge on any atom is -0.496 e. The average molecular weight is 302 g/mol. The smallest absolute Gasteiger partial charge is 0.191 e. The standard InChI is InChI=1S/C16H18N2O4/c1-21-14-4-3-5-15(22-2)12(14)6-7-16-17-8-11(9-18-16)13(20)10-19/h3-5,8-9,19H,6-7,10H2,1-2H3. The van der Waals surface area contributed by atoms with E-state index < -0.39 is 12.4 Å². The van der Waals surface area contributed by atoms with E-state index in [1.807, 2.05) is 18.2 Å². The van der Waals surface area contributed by atoms with Gasteiger partial charge in [-0.1, -0.05) is 6.07 Å². The van der Waals surface area contributed by atoms with E-state index in [4.69, 9.17) is 14.6 Å². The third-order valence-electron chi connectivity index (χ3n) is 3.30. The van der Waals surface area contributed by atoms with E-state index in [9.17, 15) is 4.79 Å². The number of carbonyl (C=O) groups is 1. The molecule has 22 heavy (non-hydrogen) atoms. The first-order valence-corrected chi connectivity index (χ1v) is 6.84. The van der Waals surface area contributed by atoms with Gasteiger partial charge in [-0.05, 0) is 18.6 Å². The molecule has 2 rings (SSSR count). The highest BCUT2D eigenvalue weighted by Crippen LogP contribution is 2.29. The van der Waals surface area contributed by atoms with E-state index in [1.165, 1.54) is 12.4 Å².